The van der Waals surface area contributed by atoms with Crippen LogP contribution in [-0.2, 0) is 11.2 Å². The monoisotopic (exact) mass is 355 g/mol. The second-order valence-electron chi connectivity index (χ2n) is 5.69. The summed E-state index contributed by atoms with van der Waals surface area (Å²) in [6.45, 7) is 4.20. The van der Waals surface area contributed by atoms with Crippen LogP contribution in [0.15, 0.2) is 22.7 Å². The number of rotatable bonds is 8. The molecule has 2 unspecified atom stereocenters. The second kappa shape index (κ2) is 8.76. The topological polar surface area (TPSA) is 30.5 Å². The lowest BCUT2D eigenvalue weighted by molar-refractivity contribution is 0.0946. The Morgan fingerprint density at radius 3 is 2.95 bits per heavy atom. The molecule has 0 aromatic heterocycles. The number of benzene rings is 1. The van der Waals surface area contributed by atoms with Gasteiger partial charge in [0, 0.05) is 12.6 Å². The molecule has 1 fully saturated rings. The number of nitrogens with one attached hydrogen (secondary N) is 1. The van der Waals surface area contributed by atoms with Crippen LogP contribution in [0.4, 0.5) is 0 Å². The largest absolute Gasteiger partial charge is 0.496 e. The molecular weight excluding hydrogens is 330 g/mol. The molecule has 0 saturated carbocycles. The molecule has 1 aromatic carbocycles. The maximum atomic E-state index is 5.79. The summed E-state index contributed by atoms with van der Waals surface area (Å²) in [5.74, 6) is 0.885. The maximum absolute atomic E-state index is 5.79. The van der Waals surface area contributed by atoms with Crippen LogP contribution in [0.2, 0.25) is 0 Å². The molecule has 1 N–H and O–H groups in total. The zero-order chi connectivity index (χ0) is 15.1. The lowest BCUT2D eigenvalue weighted by Gasteiger charge is -2.22. The summed E-state index contributed by atoms with van der Waals surface area (Å²) in [6, 6.07) is 6.82. The molecule has 3 nitrogen and oxygen atoms in total. The molecule has 2 atom stereocenters. The Balaban J connectivity index is 1.97. The Kier molecular flexibility index (Phi) is 7.00. The van der Waals surface area contributed by atoms with Crippen LogP contribution in [0.25, 0.3) is 0 Å². The van der Waals surface area contributed by atoms with Crippen molar-refractivity contribution >= 4 is 15.9 Å². The lowest BCUT2D eigenvalue weighted by Crippen LogP contribution is -2.35. The van der Waals surface area contributed by atoms with Crippen molar-refractivity contribution in [2.45, 2.75) is 51.2 Å². The average Bonchev–Trinajstić information content (AvgIpc) is 2.98. The van der Waals surface area contributed by atoms with E-state index in [1.165, 1.54) is 18.4 Å². The van der Waals surface area contributed by atoms with Crippen LogP contribution in [0.1, 0.15) is 38.2 Å². The highest BCUT2D eigenvalue weighted by Gasteiger charge is 2.21. The van der Waals surface area contributed by atoms with E-state index in [4.69, 9.17) is 9.47 Å². The predicted molar refractivity (Wildman–Crippen MR) is 90.1 cm³/mol. The van der Waals surface area contributed by atoms with Gasteiger partial charge in [-0.2, -0.15) is 0 Å². The van der Waals surface area contributed by atoms with Crippen LogP contribution in [0.3, 0.4) is 0 Å². The normalized spacial score (nSPS) is 19.7. The molecule has 1 aliphatic rings. The number of hydrogen-bond donors (Lipinski definition) is 1. The van der Waals surface area contributed by atoms with Gasteiger partial charge in [0.15, 0.2) is 0 Å². The predicted octanol–water partition coefficient (Wildman–Crippen LogP) is 3.94. The van der Waals surface area contributed by atoms with E-state index < -0.39 is 0 Å². The molecule has 4 heteroatoms. The third-order valence-electron chi connectivity index (χ3n) is 3.95. The second-order valence-corrected chi connectivity index (χ2v) is 6.55. The zero-order valence-electron chi connectivity index (χ0n) is 13.0. The van der Waals surface area contributed by atoms with Crippen molar-refractivity contribution in [1.82, 2.24) is 5.32 Å². The van der Waals surface area contributed by atoms with Gasteiger partial charge < -0.3 is 14.8 Å². The van der Waals surface area contributed by atoms with Crippen molar-refractivity contribution in [3.05, 3.63) is 28.2 Å². The lowest BCUT2D eigenvalue weighted by atomic mass is 9.99. The van der Waals surface area contributed by atoms with E-state index in [-0.39, 0.29) is 0 Å². The fourth-order valence-corrected chi connectivity index (χ4v) is 3.44. The summed E-state index contributed by atoms with van der Waals surface area (Å²) in [4.78, 5) is 0. The first-order valence-corrected chi connectivity index (χ1v) is 8.69. The minimum Gasteiger partial charge on any atom is -0.496 e. The molecule has 0 radical (unpaired) electrons. The minimum atomic E-state index is 0.432. The SMILES string of the molecule is CCCNC(Cc1ccc(OC)c(Br)c1)CC1CCCO1. The van der Waals surface area contributed by atoms with Gasteiger partial charge in [-0.3, -0.25) is 0 Å². The number of methoxy groups -OCH3 is 1. The zero-order valence-corrected chi connectivity index (χ0v) is 14.6. The summed E-state index contributed by atoms with van der Waals surface area (Å²) in [5, 5.41) is 3.67. The summed E-state index contributed by atoms with van der Waals surface area (Å²) in [7, 11) is 1.70. The Labute approximate surface area is 136 Å². The molecule has 1 saturated heterocycles. The first-order valence-electron chi connectivity index (χ1n) is 7.90. The van der Waals surface area contributed by atoms with Crippen LogP contribution in [0, 0.1) is 0 Å². The van der Waals surface area contributed by atoms with Crippen molar-refractivity contribution in [3.63, 3.8) is 0 Å². The molecular formula is C17H26BrNO2. The smallest absolute Gasteiger partial charge is 0.133 e. The number of halogens is 1. The fourth-order valence-electron chi connectivity index (χ4n) is 2.86. The molecule has 0 spiro atoms. The Morgan fingerprint density at radius 1 is 1.48 bits per heavy atom. The van der Waals surface area contributed by atoms with Gasteiger partial charge in [0.25, 0.3) is 0 Å². The van der Waals surface area contributed by atoms with E-state index in [2.05, 4.69) is 40.3 Å². The van der Waals surface area contributed by atoms with Crippen molar-refractivity contribution in [3.8, 4) is 5.75 Å². The van der Waals surface area contributed by atoms with Gasteiger partial charge in [0.05, 0.1) is 17.7 Å². The molecule has 0 bridgehead atoms. The van der Waals surface area contributed by atoms with Crippen molar-refractivity contribution < 1.29 is 9.47 Å². The van der Waals surface area contributed by atoms with Crippen LogP contribution < -0.4 is 10.1 Å². The Hall–Kier alpha value is -0.580. The maximum Gasteiger partial charge on any atom is 0.133 e. The third kappa shape index (κ3) is 5.28. The van der Waals surface area contributed by atoms with Gasteiger partial charge in [-0.15, -0.1) is 0 Å². The van der Waals surface area contributed by atoms with E-state index in [1.54, 1.807) is 7.11 Å². The quantitative estimate of drug-likeness (QED) is 0.765. The molecule has 0 aliphatic carbocycles. The van der Waals surface area contributed by atoms with Gasteiger partial charge in [0.1, 0.15) is 5.75 Å². The molecule has 0 amide bonds. The first kappa shape index (κ1) is 16.8. The highest BCUT2D eigenvalue weighted by Crippen LogP contribution is 2.27. The van der Waals surface area contributed by atoms with Gasteiger partial charge in [-0.25, -0.2) is 0 Å². The molecule has 1 aromatic rings. The van der Waals surface area contributed by atoms with E-state index in [1.807, 2.05) is 6.07 Å². The number of hydrogen-bond acceptors (Lipinski definition) is 3. The summed E-state index contributed by atoms with van der Waals surface area (Å²) < 4.78 is 12.1. The molecule has 21 heavy (non-hydrogen) atoms. The first-order chi connectivity index (χ1) is 10.2. The van der Waals surface area contributed by atoms with Gasteiger partial charge >= 0.3 is 0 Å². The van der Waals surface area contributed by atoms with Crippen LogP contribution in [-0.4, -0.2) is 32.4 Å². The van der Waals surface area contributed by atoms with E-state index >= 15 is 0 Å². The van der Waals surface area contributed by atoms with E-state index in [0.717, 1.165) is 42.6 Å². The van der Waals surface area contributed by atoms with Gasteiger partial charge in [-0.05, 0) is 72.3 Å². The average molecular weight is 356 g/mol. The number of ether oxygens (including phenoxy) is 2. The molecule has 118 valence electrons. The molecule has 1 aliphatic heterocycles. The summed E-state index contributed by atoms with van der Waals surface area (Å²) in [6.07, 6.45) is 6.14. The molecule has 1 heterocycles. The van der Waals surface area contributed by atoms with Gasteiger partial charge in [0.2, 0.25) is 0 Å². The Bertz CT molecular complexity index is 433. The van der Waals surface area contributed by atoms with Crippen LogP contribution in [0.5, 0.6) is 5.75 Å². The van der Waals surface area contributed by atoms with Gasteiger partial charge in [-0.1, -0.05) is 13.0 Å². The summed E-state index contributed by atoms with van der Waals surface area (Å²) >= 11 is 3.57. The highest BCUT2D eigenvalue weighted by atomic mass is 79.9. The van der Waals surface area contributed by atoms with E-state index in [9.17, 15) is 0 Å². The molecule has 2 rings (SSSR count). The van der Waals surface area contributed by atoms with E-state index in [0.29, 0.717) is 12.1 Å². The van der Waals surface area contributed by atoms with Crippen LogP contribution >= 0.6 is 15.9 Å². The Morgan fingerprint density at radius 2 is 2.33 bits per heavy atom. The van der Waals surface area contributed by atoms with Crippen molar-refractivity contribution in [2.75, 3.05) is 20.3 Å². The third-order valence-corrected chi connectivity index (χ3v) is 4.57. The van der Waals surface area contributed by atoms with Crippen molar-refractivity contribution in [2.24, 2.45) is 0 Å². The highest BCUT2D eigenvalue weighted by molar-refractivity contribution is 9.10. The fraction of sp³-hybridized carbons (Fsp3) is 0.647. The van der Waals surface area contributed by atoms with Crippen molar-refractivity contribution in [1.29, 1.82) is 0 Å². The standard InChI is InChI=1S/C17H26BrNO2/c1-3-8-19-14(12-15-5-4-9-21-15)10-13-6-7-17(20-2)16(18)11-13/h6-7,11,14-15,19H,3-5,8-10,12H2,1-2H3. The summed E-state index contributed by atoms with van der Waals surface area (Å²) in [5.41, 5.74) is 1.33. The minimum absolute atomic E-state index is 0.432.